The molecule has 1 aliphatic rings. The van der Waals surface area contributed by atoms with Crippen molar-refractivity contribution in [1.29, 1.82) is 0 Å². The van der Waals surface area contributed by atoms with Gasteiger partial charge in [0.2, 0.25) is 0 Å². The van der Waals surface area contributed by atoms with E-state index in [4.69, 9.17) is 9.84 Å². The molecule has 0 aromatic carbocycles. The molecule has 21 heavy (non-hydrogen) atoms. The number of aliphatic hydroxyl groups is 3. The molecule has 0 radical (unpaired) electrons. The third kappa shape index (κ3) is 5.85. The molecule has 1 saturated heterocycles. The van der Waals surface area contributed by atoms with E-state index < -0.39 is 51.0 Å². The Morgan fingerprint density at radius 1 is 1.43 bits per heavy atom. The van der Waals surface area contributed by atoms with Crippen LogP contribution < -0.4 is 34.7 Å². The SMILES string of the molecule is COP(=O)(O)O[C@H]1O[C@H](CO)[C@@H](O)[C@H](O)[C@@H]1N=C(C)[O-].[Na+]. The van der Waals surface area contributed by atoms with Gasteiger partial charge in [-0.3, -0.25) is 14.0 Å². The van der Waals surface area contributed by atoms with Gasteiger partial charge in [-0.2, -0.15) is 0 Å². The molecular weight excluding hydrogens is 320 g/mol. The maximum atomic E-state index is 11.4. The summed E-state index contributed by atoms with van der Waals surface area (Å²) < 4.78 is 25.2. The van der Waals surface area contributed by atoms with Gasteiger partial charge in [0.25, 0.3) is 0 Å². The Hall–Kier alpha value is 0.420. The van der Waals surface area contributed by atoms with Gasteiger partial charge in [0.15, 0.2) is 6.29 Å². The number of nitrogens with zero attached hydrogens (tertiary/aromatic N) is 1. The van der Waals surface area contributed by atoms with E-state index in [1.807, 2.05) is 0 Å². The van der Waals surface area contributed by atoms with E-state index in [2.05, 4.69) is 14.0 Å². The molecule has 1 aliphatic heterocycles. The summed E-state index contributed by atoms with van der Waals surface area (Å²) in [5, 5.41) is 39.5. The zero-order chi connectivity index (χ0) is 15.5. The van der Waals surface area contributed by atoms with Gasteiger partial charge in [-0.15, -0.1) is 0 Å². The van der Waals surface area contributed by atoms with Gasteiger partial charge in [0, 0.05) is 7.11 Å². The van der Waals surface area contributed by atoms with Crippen LogP contribution in [0.15, 0.2) is 4.99 Å². The van der Waals surface area contributed by atoms with Crippen LogP contribution in [0.2, 0.25) is 0 Å². The number of phosphoric ester groups is 1. The van der Waals surface area contributed by atoms with Gasteiger partial charge in [-0.25, -0.2) is 4.57 Å². The summed E-state index contributed by atoms with van der Waals surface area (Å²) in [6, 6.07) is -1.43. The van der Waals surface area contributed by atoms with Crippen LogP contribution in [0, 0.1) is 0 Å². The van der Waals surface area contributed by atoms with E-state index in [0.717, 1.165) is 14.0 Å². The smallest absolute Gasteiger partial charge is 0.862 e. The Bertz CT molecular complexity index is 405. The summed E-state index contributed by atoms with van der Waals surface area (Å²) in [5.41, 5.74) is 0. The number of phosphoric acid groups is 1. The summed E-state index contributed by atoms with van der Waals surface area (Å²) in [5.74, 6) is -0.703. The third-order valence-corrected chi connectivity index (χ3v) is 3.58. The normalized spacial score (nSPS) is 36.7. The van der Waals surface area contributed by atoms with Crippen LogP contribution in [0.3, 0.4) is 0 Å². The Morgan fingerprint density at radius 3 is 2.43 bits per heavy atom. The van der Waals surface area contributed by atoms with Crippen molar-refractivity contribution in [2.24, 2.45) is 4.99 Å². The molecule has 0 aromatic rings. The second-order valence-corrected chi connectivity index (χ2v) is 5.62. The fraction of sp³-hybridized carbons (Fsp3) is 0.889. The van der Waals surface area contributed by atoms with Crippen LogP contribution in [0.4, 0.5) is 0 Å². The number of ether oxygens (including phenoxy) is 1. The van der Waals surface area contributed by atoms with Crippen molar-refractivity contribution in [1.82, 2.24) is 0 Å². The molecule has 1 unspecified atom stereocenters. The predicted molar refractivity (Wildman–Crippen MR) is 62.6 cm³/mol. The molecule has 0 amide bonds. The number of aliphatic hydroxyl groups excluding tert-OH is 3. The molecule has 4 N–H and O–H groups in total. The first-order valence-electron chi connectivity index (χ1n) is 5.62. The summed E-state index contributed by atoms with van der Waals surface area (Å²) in [6.45, 7) is 0.413. The number of rotatable bonds is 5. The summed E-state index contributed by atoms with van der Waals surface area (Å²) in [6.07, 6.45) is -6.05. The fourth-order valence-corrected chi connectivity index (χ4v) is 2.20. The number of hydrogen-bond donors (Lipinski definition) is 4. The van der Waals surface area contributed by atoms with Crippen molar-refractivity contribution < 1.29 is 73.2 Å². The Kier molecular flexibility index (Phi) is 9.08. The molecule has 0 spiro atoms. The largest absolute Gasteiger partial charge is 1.00 e. The molecule has 1 heterocycles. The van der Waals surface area contributed by atoms with Crippen molar-refractivity contribution in [3.05, 3.63) is 0 Å². The van der Waals surface area contributed by atoms with Gasteiger partial charge in [0.05, 0.1) is 6.61 Å². The molecular formula is C9H17NNaO9P. The van der Waals surface area contributed by atoms with Crippen molar-refractivity contribution in [3.8, 4) is 0 Å². The third-order valence-electron chi connectivity index (χ3n) is 2.65. The monoisotopic (exact) mass is 337 g/mol. The fourth-order valence-electron chi connectivity index (χ4n) is 1.68. The van der Waals surface area contributed by atoms with Crippen molar-refractivity contribution >= 4 is 13.7 Å². The first kappa shape index (κ1) is 21.4. The van der Waals surface area contributed by atoms with E-state index in [9.17, 15) is 24.8 Å². The minimum atomic E-state index is -4.48. The van der Waals surface area contributed by atoms with Crippen molar-refractivity contribution in [2.75, 3.05) is 13.7 Å². The zero-order valence-corrected chi connectivity index (χ0v) is 14.7. The first-order chi connectivity index (χ1) is 9.21. The molecule has 1 fully saturated rings. The molecule has 1 rings (SSSR count). The zero-order valence-electron chi connectivity index (χ0n) is 11.8. The maximum absolute atomic E-state index is 11.4. The van der Waals surface area contributed by atoms with Crippen LogP contribution >= 0.6 is 7.82 Å². The molecule has 12 heteroatoms. The maximum Gasteiger partial charge on any atom is 1.00 e. The molecule has 0 saturated carbocycles. The minimum absolute atomic E-state index is 0. The minimum Gasteiger partial charge on any atom is -0.862 e. The standard InChI is InChI=1S/C9H18NO9P.Na/c1-4(12)10-6-8(14)7(13)5(3-11)18-9(6)19-20(15,16)17-2;/h5-9,11,13-14H,3H2,1-2H3,(H,10,12)(H,15,16);/q;+1/p-1/t5-,6+,7-,8-,9-;/m1./s1. The second-order valence-electron chi connectivity index (χ2n) is 4.10. The molecule has 118 valence electrons. The van der Waals surface area contributed by atoms with Gasteiger partial charge < -0.3 is 30.1 Å². The van der Waals surface area contributed by atoms with Crippen LogP contribution in [-0.4, -0.2) is 70.5 Å². The average molecular weight is 337 g/mol. The average Bonchev–Trinajstić information content (AvgIpc) is 2.37. The van der Waals surface area contributed by atoms with Crippen molar-refractivity contribution in [3.63, 3.8) is 0 Å². The summed E-state index contributed by atoms with van der Waals surface area (Å²) in [4.78, 5) is 12.7. The van der Waals surface area contributed by atoms with Gasteiger partial charge in [0.1, 0.15) is 24.4 Å². The van der Waals surface area contributed by atoms with Crippen LogP contribution in [0.5, 0.6) is 0 Å². The van der Waals surface area contributed by atoms with Crippen molar-refractivity contribution in [2.45, 2.75) is 37.6 Å². The summed E-state index contributed by atoms with van der Waals surface area (Å²) in [7, 11) is -3.56. The van der Waals surface area contributed by atoms with Crippen LogP contribution in [0.25, 0.3) is 0 Å². The quantitative estimate of drug-likeness (QED) is 0.166. The van der Waals surface area contributed by atoms with Gasteiger partial charge in [-0.1, -0.05) is 0 Å². The topological polar surface area (TPSA) is 161 Å². The molecule has 0 bridgehead atoms. The number of hydrogen-bond acceptors (Lipinski definition) is 9. The van der Waals surface area contributed by atoms with E-state index in [1.54, 1.807) is 0 Å². The Morgan fingerprint density at radius 2 is 2.00 bits per heavy atom. The van der Waals surface area contributed by atoms with E-state index in [-0.39, 0.29) is 29.6 Å². The second kappa shape index (κ2) is 8.90. The van der Waals surface area contributed by atoms with E-state index in [0.29, 0.717) is 0 Å². The molecule has 10 nitrogen and oxygen atoms in total. The molecule has 0 aliphatic carbocycles. The predicted octanol–water partition coefficient (Wildman–Crippen LogP) is -5.66. The van der Waals surface area contributed by atoms with Crippen LogP contribution in [0.1, 0.15) is 6.92 Å². The Labute approximate surface area is 143 Å². The van der Waals surface area contributed by atoms with E-state index in [1.165, 1.54) is 0 Å². The first-order valence-corrected chi connectivity index (χ1v) is 7.12. The molecule has 0 aromatic heterocycles. The number of aliphatic imine (C=N–C) groups is 1. The van der Waals surface area contributed by atoms with Gasteiger partial charge >= 0.3 is 37.4 Å². The summed E-state index contributed by atoms with van der Waals surface area (Å²) >= 11 is 0. The van der Waals surface area contributed by atoms with E-state index >= 15 is 0 Å². The molecule has 6 atom stereocenters. The van der Waals surface area contributed by atoms with Gasteiger partial charge in [-0.05, 0) is 12.8 Å². The Balaban J connectivity index is 0.00000400. The van der Waals surface area contributed by atoms with Crippen LogP contribution in [-0.2, 0) is 18.3 Å².